The number of nitrogens with one attached hydrogen (secondary N) is 2. The molecule has 1 atom stereocenters. The zero-order valence-electron chi connectivity index (χ0n) is 17.8. The highest BCUT2D eigenvalue weighted by Crippen LogP contribution is 2.20. The lowest BCUT2D eigenvalue weighted by atomic mass is 10.0. The largest absolute Gasteiger partial charge is 0.360 e. The number of rotatable bonds is 6. The minimum atomic E-state index is -0.0421. The van der Waals surface area contributed by atoms with Gasteiger partial charge in [-0.2, -0.15) is 5.10 Å². The van der Waals surface area contributed by atoms with Gasteiger partial charge in [0.25, 0.3) is 11.5 Å². The molecule has 162 valence electrons. The maximum absolute atomic E-state index is 12.8. The monoisotopic (exact) mass is 419 g/mol. The lowest BCUT2D eigenvalue weighted by molar-refractivity contribution is 0.0910. The SMILES string of the molecule is O=C(NCC1CCCCN1CCn1nc2c(cc1=O)CCC2)c1c[nH]c2ccccc12. The molecule has 3 heterocycles. The van der Waals surface area contributed by atoms with Crippen LogP contribution >= 0.6 is 0 Å². The molecule has 1 aliphatic carbocycles. The quantitative estimate of drug-likeness (QED) is 0.643. The standard InChI is InChI=1S/C24H29N5O2/c30-23-14-17-6-5-10-21(17)27-29(23)13-12-28-11-4-3-7-18(28)15-26-24(31)20-16-25-22-9-2-1-8-19(20)22/h1-2,8-9,14,16,18,25H,3-7,10-13,15H2,(H,26,31). The van der Waals surface area contributed by atoms with E-state index >= 15 is 0 Å². The number of aromatic nitrogens is 3. The van der Waals surface area contributed by atoms with Crippen molar-refractivity contribution >= 4 is 16.8 Å². The van der Waals surface area contributed by atoms with Gasteiger partial charge in [0.2, 0.25) is 0 Å². The molecule has 1 fully saturated rings. The number of likely N-dealkylation sites (tertiary alicyclic amines) is 1. The molecule has 2 aliphatic rings. The van der Waals surface area contributed by atoms with E-state index in [-0.39, 0.29) is 17.5 Å². The number of amides is 1. The normalized spacial score (nSPS) is 18.9. The van der Waals surface area contributed by atoms with Crippen molar-refractivity contribution in [2.45, 2.75) is 51.1 Å². The molecule has 5 rings (SSSR count). The maximum atomic E-state index is 12.8. The topological polar surface area (TPSA) is 83.0 Å². The van der Waals surface area contributed by atoms with Crippen LogP contribution in [0.3, 0.4) is 0 Å². The van der Waals surface area contributed by atoms with Crippen molar-refractivity contribution < 1.29 is 4.79 Å². The average Bonchev–Trinajstić information content (AvgIpc) is 3.43. The van der Waals surface area contributed by atoms with Gasteiger partial charge in [-0.25, -0.2) is 4.68 Å². The summed E-state index contributed by atoms with van der Waals surface area (Å²) < 4.78 is 1.63. The van der Waals surface area contributed by atoms with Gasteiger partial charge in [0.1, 0.15) is 0 Å². The molecule has 1 unspecified atom stereocenters. The number of nitrogens with zero attached hydrogens (tertiary/aromatic N) is 3. The van der Waals surface area contributed by atoms with E-state index in [0.29, 0.717) is 18.7 Å². The smallest absolute Gasteiger partial charge is 0.267 e. The van der Waals surface area contributed by atoms with Crippen molar-refractivity contribution in [3.63, 3.8) is 0 Å². The lowest BCUT2D eigenvalue weighted by Crippen LogP contribution is -2.48. The van der Waals surface area contributed by atoms with Crippen molar-refractivity contribution in [1.82, 2.24) is 25.0 Å². The van der Waals surface area contributed by atoms with Gasteiger partial charge in [0.05, 0.1) is 17.8 Å². The second-order valence-corrected chi connectivity index (χ2v) is 8.67. The number of aryl methyl sites for hydroxylation is 2. The Morgan fingerprint density at radius 1 is 1.16 bits per heavy atom. The van der Waals surface area contributed by atoms with Gasteiger partial charge in [-0.15, -0.1) is 0 Å². The third-order valence-corrected chi connectivity index (χ3v) is 6.70. The van der Waals surface area contributed by atoms with Gasteiger partial charge in [0, 0.05) is 42.3 Å². The molecular weight excluding hydrogens is 390 g/mol. The fourth-order valence-corrected chi connectivity index (χ4v) is 4.97. The number of hydrogen-bond acceptors (Lipinski definition) is 4. The van der Waals surface area contributed by atoms with Crippen LogP contribution in [0.25, 0.3) is 10.9 Å². The highest BCUT2D eigenvalue weighted by molar-refractivity contribution is 6.06. The average molecular weight is 420 g/mol. The minimum absolute atomic E-state index is 0.00171. The van der Waals surface area contributed by atoms with Crippen molar-refractivity contribution in [1.29, 1.82) is 0 Å². The maximum Gasteiger partial charge on any atom is 0.267 e. The summed E-state index contributed by atoms with van der Waals surface area (Å²) in [4.78, 5) is 30.8. The van der Waals surface area contributed by atoms with Crippen LogP contribution in [-0.4, -0.2) is 51.2 Å². The van der Waals surface area contributed by atoms with Crippen molar-refractivity contribution in [3.05, 3.63) is 63.7 Å². The van der Waals surface area contributed by atoms with E-state index in [2.05, 4.69) is 20.3 Å². The number of H-pyrrole nitrogens is 1. The van der Waals surface area contributed by atoms with Crippen molar-refractivity contribution in [2.75, 3.05) is 19.6 Å². The third kappa shape index (κ3) is 4.14. The van der Waals surface area contributed by atoms with E-state index in [4.69, 9.17) is 0 Å². The minimum Gasteiger partial charge on any atom is -0.360 e. The number of carbonyl (C=O) groups excluding carboxylic acids is 1. The Bertz CT molecular complexity index is 1150. The summed E-state index contributed by atoms with van der Waals surface area (Å²) in [7, 11) is 0. The zero-order valence-corrected chi connectivity index (χ0v) is 17.8. The molecule has 3 aromatic rings. The molecular formula is C24H29N5O2. The summed E-state index contributed by atoms with van der Waals surface area (Å²) in [6.07, 6.45) is 8.20. The first-order valence-electron chi connectivity index (χ1n) is 11.4. The molecule has 2 N–H and O–H groups in total. The summed E-state index contributed by atoms with van der Waals surface area (Å²) in [6.45, 7) is 2.98. The molecule has 1 aliphatic heterocycles. The van der Waals surface area contributed by atoms with Crippen molar-refractivity contribution in [2.24, 2.45) is 0 Å². The van der Waals surface area contributed by atoms with Gasteiger partial charge in [-0.05, 0) is 50.3 Å². The van der Waals surface area contributed by atoms with Crippen LogP contribution in [0.2, 0.25) is 0 Å². The molecule has 2 aromatic heterocycles. The Hall–Kier alpha value is -2.93. The number of benzene rings is 1. The molecule has 0 radical (unpaired) electrons. The predicted octanol–water partition coefficient (Wildman–Crippen LogP) is 2.50. The first kappa shape index (κ1) is 20.0. The van der Waals surface area contributed by atoms with Gasteiger partial charge in [0.15, 0.2) is 0 Å². The summed E-state index contributed by atoms with van der Waals surface area (Å²) in [6, 6.07) is 9.91. The number of piperidine rings is 1. The Morgan fingerprint density at radius 3 is 3.00 bits per heavy atom. The summed E-state index contributed by atoms with van der Waals surface area (Å²) in [5.74, 6) is -0.0421. The summed E-state index contributed by atoms with van der Waals surface area (Å²) >= 11 is 0. The number of fused-ring (bicyclic) bond motifs is 2. The van der Waals surface area contributed by atoms with E-state index in [1.54, 1.807) is 16.9 Å². The van der Waals surface area contributed by atoms with Crippen LogP contribution in [0.1, 0.15) is 47.3 Å². The number of hydrogen-bond donors (Lipinski definition) is 2. The number of para-hydroxylation sites is 1. The second kappa shape index (κ2) is 8.67. The molecule has 0 saturated carbocycles. The Morgan fingerprint density at radius 2 is 2.06 bits per heavy atom. The zero-order chi connectivity index (χ0) is 21.2. The first-order valence-corrected chi connectivity index (χ1v) is 11.4. The molecule has 1 aromatic carbocycles. The number of carbonyl (C=O) groups is 1. The first-order chi connectivity index (χ1) is 15.2. The molecule has 1 amide bonds. The van der Waals surface area contributed by atoms with Gasteiger partial charge in [-0.1, -0.05) is 24.6 Å². The van der Waals surface area contributed by atoms with E-state index in [9.17, 15) is 9.59 Å². The third-order valence-electron chi connectivity index (χ3n) is 6.70. The second-order valence-electron chi connectivity index (χ2n) is 8.67. The van der Waals surface area contributed by atoms with Crippen LogP contribution < -0.4 is 10.9 Å². The fraction of sp³-hybridized carbons (Fsp3) is 0.458. The van der Waals surface area contributed by atoms with Gasteiger partial charge in [-0.3, -0.25) is 14.5 Å². The predicted molar refractivity (Wildman–Crippen MR) is 120 cm³/mol. The van der Waals surface area contributed by atoms with E-state index < -0.39 is 0 Å². The Balaban J connectivity index is 1.22. The highest BCUT2D eigenvalue weighted by Gasteiger charge is 2.24. The van der Waals surface area contributed by atoms with Crippen molar-refractivity contribution in [3.8, 4) is 0 Å². The summed E-state index contributed by atoms with van der Waals surface area (Å²) in [5.41, 5.74) is 3.87. The van der Waals surface area contributed by atoms with Crippen LogP contribution in [0.5, 0.6) is 0 Å². The van der Waals surface area contributed by atoms with Crippen LogP contribution in [0.4, 0.5) is 0 Å². The highest BCUT2D eigenvalue weighted by atomic mass is 16.1. The molecule has 31 heavy (non-hydrogen) atoms. The molecule has 0 spiro atoms. The van der Waals surface area contributed by atoms with E-state index in [1.807, 2.05) is 24.3 Å². The Kier molecular flexibility index (Phi) is 5.59. The van der Waals surface area contributed by atoms with Crippen LogP contribution in [0, 0.1) is 0 Å². The molecule has 0 bridgehead atoms. The molecule has 7 heteroatoms. The molecule has 1 saturated heterocycles. The van der Waals surface area contributed by atoms with Crippen LogP contribution in [0.15, 0.2) is 41.3 Å². The fourth-order valence-electron chi connectivity index (χ4n) is 4.97. The molecule has 7 nitrogen and oxygen atoms in total. The Labute approximate surface area is 181 Å². The van der Waals surface area contributed by atoms with Gasteiger partial charge < -0.3 is 10.3 Å². The number of aromatic amines is 1. The lowest BCUT2D eigenvalue weighted by Gasteiger charge is -2.35. The van der Waals surface area contributed by atoms with Crippen LogP contribution in [-0.2, 0) is 19.4 Å². The van der Waals surface area contributed by atoms with Gasteiger partial charge >= 0.3 is 0 Å². The summed E-state index contributed by atoms with van der Waals surface area (Å²) in [5, 5.41) is 8.69. The van der Waals surface area contributed by atoms with E-state index in [1.165, 1.54) is 6.42 Å². The van der Waals surface area contributed by atoms with E-state index in [0.717, 1.165) is 67.4 Å².